The summed E-state index contributed by atoms with van der Waals surface area (Å²) in [5, 5.41) is 3.92. The zero-order valence-electron chi connectivity index (χ0n) is 15.3. The van der Waals surface area contributed by atoms with E-state index in [0.717, 1.165) is 16.2 Å². The Hall–Kier alpha value is -2.70. The van der Waals surface area contributed by atoms with Crippen LogP contribution < -0.4 is 0 Å². The Balaban J connectivity index is 1.55. The van der Waals surface area contributed by atoms with E-state index in [-0.39, 0.29) is 12.5 Å². The van der Waals surface area contributed by atoms with Crippen molar-refractivity contribution in [3.8, 4) is 0 Å². The minimum atomic E-state index is -0.513. The first-order chi connectivity index (χ1) is 13.7. The molecular formula is C22H21NO3S2. The van der Waals surface area contributed by atoms with E-state index < -0.39 is 5.97 Å². The van der Waals surface area contributed by atoms with Crippen molar-refractivity contribution in [2.75, 3.05) is 13.2 Å². The van der Waals surface area contributed by atoms with Gasteiger partial charge in [0.25, 0.3) is 5.91 Å². The van der Waals surface area contributed by atoms with Crippen LogP contribution in [0.4, 0.5) is 0 Å². The van der Waals surface area contributed by atoms with Crippen LogP contribution in [0.2, 0.25) is 0 Å². The fraction of sp³-hybridized carbons (Fsp3) is 0.182. The van der Waals surface area contributed by atoms with E-state index >= 15 is 0 Å². The summed E-state index contributed by atoms with van der Waals surface area (Å²) in [5.41, 5.74) is 1.17. The molecule has 0 atom stereocenters. The quantitative estimate of drug-likeness (QED) is 0.381. The average molecular weight is 412 g/mol. The first-order valence-corrected chi connectivity index (χ1v) is 10.7. The summed E-state index contributed by atoms with van der Waals surface area (Å²) >= 11 is 3.14. The third kappa shape index (κ3) is 6.48. The lowest BCUT2D eigenvalue weighted by Crippen LogP contribution is -2.35. The predicted octanol–water partition coefficient (Wildman–Crippen LogP) is 4.64. The molecule has 1 aromatic carbocycles. The van der Waals surface area contributed by atoms with Crippen LogP contribution in [-0.2, 0) is 27.3 Å². The number of esters is 1. The number of amides is 1. The molecule has 0 saturated carbocycles. The van der Waals surface area contributed by atoms with Gasteiger partial charge < -0.3 is 9.64 Å². The maximum atomic E-state index is 12.7. The molecule has 28 heavy (non-hydrogen) atoms. The van der Waals surface area contributed by atoms with Crippen molar-refractivity contribution in [2.24, 2.45) is 0 Å². The van der Waals surface area contributed by atoms with Crippen molar-refractivity contribution >= 4 is 40.6 Å². The summed E-state index contributed by atoms with van der Waals surface area (Å²) in [7, 11) is 0. The molecule has 0 unspecified atom stereocenters. The van der Waals surface area contributed by atoms with Crippen molar-refractivity contribution < 1.29 is 14.3 Å². The average Bonchev–Trinajstić information content (AvgIpc) is 3.42. The topological polar surface area (TPSA) is 46.6 Å². The van der Waals surface area contributed by atoms with Gasteiger partial charge in [-0.1, -0.05) is 42.5 Å². The Morgan fingerprint density at radius 2 is 1.75 bits per heavy atom. The zero-order chi connectivity index (χ0) is 19.6. The SMILES string of the molecule is O=C(/C=C/c1cccs1)OCC(=O)N(CCc1ccccc1)Cc1cccs1. The largest absolute Gasteiger partial charge is 0.452 e. The summed E-state index contributed by atoms with van der Waals surface area (Å²) in [5.74, 6) is -0.705. The van der Waals surface area contributed by atoms with Gasteiger partial charge in [-0.15, -0.1) is 22.7 Å². The first-order valence-electron chi connectivity index (χ1n) is 8.93. The molecule has 0 bridgehead atoms. The van der Waals surface area contributed by atoms with Crippen LogP contribution >= 0.6 is 22.7 Å². The lowest BCUT2D eigenvalue weighted by molar-refractivity contribution is -0.148. The van der Waals surface area contributed by atoms with Crippen LogP contribution in [0.3, 0.4) is 0 Å². The van der Waals surface area contributed by atoms with Gasteiger partial charge in [-0.3, -0.25) is 4.79 Å². The number of hydrogen-bond acceptors (Lipinski definition) is 5. The smallest absolute Gasteiger partial charge is 0.331 e. The molecule has 0 aliphatic carbocycles. The lowest BCUT2D eigenvalue weighted by atomic mass is 10.1. The maximum absolute atomic E-state index is 12.7. The van der Waals surface area contributed by atoms with Crippen LogP contribution in [0.1, 0.15) is 15.3 Å². The van der Waals surface area contributed by atoms with Gasteiger partial charge in [0, 0.05) is 22.4 Å². The van der Waals surface area contributed by atoms with Crippen LogP contribution in [0, 0.1) is 0 Å². The summed E-state index contributed by atoms with van der Waals surface area (Å²) in [6.45, 7) is 0.836. The molecule has 0 spiro atoms. The van der Waals surface area contributed by atoms with Crippen molar-refractivity contribution in [1.82, 2.24) is 4.90 Å². The standard InChI is InChI=1S/C22H21NO3S2/c24-21(17-26-22(25)11-10-19-8-4-14-27-19)23(16-20-9-5-15-28-20)13-12-18-6-2-1-3-7-18/h1-11,14-15H,12-13,16-17H2/b11-10+. The van der Waals surface area contributed by atoms with E-state index in [2.05, 4.69) is 0 Å². The van der Waals surface area contributed by atoms with Crippen LogP contribution in [0.5, 0.6) is 0 Å². The summed E-state index contributed by atoms with van der Waals surface area (Å²) in [6.07, 6.45) is 3.80. The van der Waals surface area contributed by atoms with Crippen molar-refractivity contribution in [2.45, 2.75) is 13.0 Å². The molecule has 2 aromatic heterocycles. The Bertz CT molecular complexity index is 887. The molecular weight excluding hydrogens is 390 g/mol. The van der Waals surface area contributed by atoms with Gasteiger partial charge in [-0.25, -0.2) is 4.79 Å². The van der Waals surface area contributed by atoms with Gasteiger partial charge in [0.2, 0.25) is 0 Å². The number of carbonyl (C=O) groups excluding carboxylic acids is 2. The van der Waals surface area contributed by atoms with E-state index in [0.29, 0.717) is 13.1 Å². The normalized spacial score (nSPS) is 10.9. The number of hydrogen-bond donors (Lipinski definition) is 0. The Morgan fingerprint density at radius 3 is 2.46 bits per heavy atom. The third-order valence-corrected chi connectivity index (χ3v) is 5.76. The van der Waals surface area contributed by atoms with Gasteiger partial charge >= 0.3 is 5.97 Å². The Morgan fingerprint density at radius 1 is 0.964 bits per heavy atom. The molecule has 3 rings (SSSR count). The minimum Gasteiger partial charge on any atom is -0.452 e. The maximum Gasteiger partial charge on any atom is 0.331 e. The van der Waals surface area contributed by atoms with Crippen LogP contribution in [0.25, 0.3) is 6.08 Å². The van der Waals surface area contributed by atoms with Gasteiger partial charge in [-0.05, 0) is 41.0 Å². The Kier molecular flexibility index (Phi) is 7.58. The highest BCUT2D eigenvalue weighted by atomic mass is 32.1. The zero-order valence-corrected chi connectivity index (χ0v) is 17.0. The summed E-state index contributed by atoms with van der Waals surface area (Å²) in [4.78, 5) is 28.4. The monoisotopic (exact) mass is 411 g/mol. The summed E-state index contributed by atoms with van der Waals surface area (Å²) in [6, 6.07) is 17.8. The highest BCUT2D eigenvalue weighted by molar-refractivity contribution is 7.10. The van der Waals surface area contributed by atoms with E-state index in [1.807, 2.05) is 65.4 Å². The lowest BCUT2D eigenvalue weighted by Gasteiger charge is -2.22. The second-order valence-electron chi connectivity index (χ2n) is 6.09. The van der Waals surface area contributed by atoms with Gasteiger partial charge in [0.15, 0.2) is 6.61 Å². The molecule has 4 nitrogen and oxygen atoms in total. The fourth-order valence-electron chi connectivity index (χ4n) is 2.60. The van der Waals surface area contributed by atoms with Gasteiger partial charge in [0.05, 0.1) is 6.54 Å². The van der Waals surface area contributed by atoms with Crippen LogP contribution in [-0.4, -0.2) is 29.9 Å². The predicted molar refractivity (Wildman–Crippen MR) is 114 cm³/mol. The highest BCUT2D eigenvalue weighted by Crippen LogP contribution is 2.13. The van der Waals surface area contributed by atoms with Crippen molar-refractivity contribution in [3.63, 3.8) is 0 Å². The van der Waals surface area contributed by atoms with Crippen molar-refractivity contribution in [1.29, 1.82) is 0 Å². The minimum absolute atomic E-state index is 0.192. The molecule has 0 N–H and O–H groups in total. The fourth-order valence-corrected chi connectivity index (χ4v) is 3.94. The molecule has 2 heterocycles. The van der Waals surface area contributed by atoms with Gasteiger partial charge in [0.1, 0.15) is 0 Å². The number of benzene rings is 1. The van der Waals surface area contributed by atoms with Crippen LogP contribution in [0.15, 0.2) is 71.4 Å². The first kappa shape index (κ1) is 20.0. The second kappa shape index (κ2) is 10.6. The number of nitrogens with zero attached hydrogens (tertiary/aromatic N) is 1. The second-order valence-corrected chi connectivity index (χ2v) is 8.10. The number of carbonyl (C=O) groups is 2. The van der Waals surface area contributed by atoms with E-state index in [4.69, 9.17) is 4.74 Å². The molecule has 3 aromatic rings. The van der Waals surface area contributed by atoms with Crippen molar-refractivity contribution in [3.05, 3.63) is 86.8 Å². The Labute approximate surface area is 172 Å². The highest BCUT2D eigenvalue weighted by Gasteiger charge is 2.16. The van der Waals surface area contributed by atoms with E-state index in [1.165, 1.54) is 23.0 Å². The molecule has 0 saturated heterocycles. The number of thiophene rings is 2. The molecule has 144 valence electrons. The van der Waals surface area contributed by atoms with E-state index in [1.54, 1.807) is 22.3 Å². The molecule has 0 aliphatic rings. The van der Waals surface area contributed by atoms with Gasteiger partial charge in [-0.2, -0.15) is 0 Å². The molecule has 6 heteroatoms. The molecule has 0 radical (unpaired) electrons. The molecule has 0 aliphatic heterocycles. The number of rotatable bonds is 9. The molecule has 1 amide bonds. The third-order valence-electron chi connectivity index (χ3n) is 4.06. The number of ether oxygens (including phenoxy) is 1. The summed E-state index contributed by atoms with van der Waals surface area (Å²) < 4.78 is 5.15. The van der Waals surface area contributed by atoms with E-state index in [9.17, 15) is 9.59 Å². The molecule has 0 fully saturated rings.